The van der Waals surface area contributed by atoms with Crippen molar-refractivity contribution in [1.29, 1.82) is 0 Å². The van der Waals surface area contributed by atoms with E-state index in [1.807, 2.05) is 0 Å². The van der Waals surface area contributed by atoms with Gasteiger partial charge in [0.15, 0.2) is 5.96 Å². The van der Waals surface area contributed by atoms with Gasteiger partial charge < -0.3 is 16.0 Å². The fraction of sp³-hybridized carbons (Fsp3) is 0.500. The Balaban J connectivity index is 1.40. The highest BCUT2D eigenvalue weighted by Crippen LogP contribution is 2.27. The summed E-state index contributed by atoms with van der Waals surface area (Å²) in [6, 6.07) is 15.6. The molecule has 3 N–H and O–H groups in total. The van der Waals surface area contributed by atoms with E-state index >= 15 is 0 Å². The van der Waals surface area contributed by atoms with Crippen LogP contribution in [-0.4, -0.2) is 30.5 Å². The van der Waals surface area contributed by atoms with E-state index in [0.29, 0.717) is 18.6 Å². The molecule has 2 aromatic rings. The van der Waals surface area contributed by atoms with Crippen LogP contribution >= 0.6 is 0 Å². The third-order valence-electron chi connectivity index (χ3n) is 5.94. The Morgan fingerprint density at radius 1 is 1.00 bits per heavy atom. The van der Waals surface area contributed by atoms with Crippen LogP contribution in [0.25, 0.3) is 10.8 Å². The molecule has 1 amide bonds. The van der Waals surface area contributed by atoms with Gasteiger partial charge in [0.2, 0.25) is 5.91 Å². The van der Waals surface area contributed by atoms with Crippen LogP contribution in [0.1, 0.15) is 51.0 Å². The molecule has 0 spiro atoms. The molecule has 5 heteroatoms. The average Bonchev–Trinajstić information content (AvgIpc) is 3.56. The molecule has 5 nitrogen and oxygen atoms in total. The standard InChI is InChI=1S/C24H32N4O/c1-2-25-24(26-16-19-10-5-8-17-7-3-4-12-22(17)19)28-21-11-6-9-18(15-21)23(29)27-20-13-14-20/h3-5,7-8,10,12,18,20-21H,2,6,9,11,13-16H2,1H3,(H,27,29)(H2,25,26,28). The van der Waals surface area contributed by atoms with E-state index in [2.05, 4.69) is 65.3 Å². The molecule has 29 heavy (non-hydrogen) atoms. The van der Waals surface area contributed by atoms with Crippen molar-refractivity contribution >= 4 is 22.6 Å². The normalized spacial score (nSPS) is 22.3. The Hall–Kier alpha value is -2.56. The molecule has 0 heterocycles. The van der Waals surface area contributed by atoms with Crippen molar-refractivity contribution in [2.75, 3.05) is 6.54 Å². The number of guanidine groups is 1. The average molecular weight is 393 g/mol. The number of benzene rings is 2. The molecule has 154 valence electrons. The Labute approximate surface area is 173 Å². The van der Waals surface area contributed by atoms with E-state index in [0.717, 1.165) is 51.0 Å². The van der Waals surface area contributed by atoms with E-state index < -0.39 is 0 Å². The van der Waals surface area contributed by atoms with Gasteiger partial charge in [-0.05, 0) is 55.4 Å². The van der Waals surface area contributed by atoms with Crippen molar-refractivity contribution in [3.63, 3.8) is 0 Å². The molecule has 2 aromatic carbocycles. The Morgan fingerprint density at radius 2 is 1.83 bits per heavy atom. The summed E-state index contributed by atoms with van der Waals surface area (Å²) in [7, 11) is 0. The molecule has 0 aromatic heterocycles. The van der Waals surface area contributed by atoms with Gasteiger partial charge in [-0.2, -0.15) is 0 Å². The van der Waals surface area contributed by atoms with Crippen LogP contribution in [-0.2, 0) is 11.3 Å². The number of nitrogens with one attached hydrogen (secondary N) is 3. The predicted molar refractivity (Wildman–Crippen MR) is 119 cm³/mol. The van der Waals surface area contributed by atoms with Crippen molar-refractivity contribution in [1.82, 2.24) is 16.0 Å². The summed E-state index contributed by atoms with van der Waals surface area (Å²) in [6.45, 7) is 3.54. The molecule has 0 saturated heterocycles. The third kappa shape index (κ3) is 5.28. The number of nitrogens with zero attached hydrogens (tertiary/aromatic N) is 1. The predicted octanol–water partition coefficient (Wildman–Crippen LogP) is 3.73. The number of hydrogen-bond acceptors (Lipinski definition) is 2. The Kier molecular flexibility index (Phi) is 6.33. The van der Waals surface area contributed by atoms with Gasteiger partial charge in [0.1, 0.15) is 0 Å². The molecule has 4 rings (SSSR count). The Bertz CT molecular complexity index is 869. The highest BCUT2D eigenvalue weighted by molar-refractivity contribution is 5.86. The summed E-state index contributed by atoms with van der Waals surface area (Å²) < 4.78 is 0. The lowest BCUT2D eigenvalue weighted by molar-refractivity contribution is -0.126. The molecule has 0 aliphatic heterocycles. The monoisotopic (exact) mass is 392 g/mol. The van der Waals surface area contributed by atoms with Crippen LogP contribution in [0.15, 0.2) is 47.5 Å². The number of rotatable bonds is 6. The van der Waals surface area contributed by atoms with E-state index in [1.165, 1.54) is 16.3 Å². The molecule has 0 bridgehead atoms. The highest BCUT2D eigenvalue weighted by Gasteiger charge is 2.31. The Morgan fingerprint density at radius 3 is 2.66 bits per heavy atom. The zero-order valence-electron chi connectivity index (χ0n) is 17.3. The van der Waals surface area contributed by atoms with Crippen LogP contribution in [0.3, 0.4) is 0 Å². The van der Waals surface area contributed by atoms with Gasteiger partial charge in [-0.3, -0.25) is 4.79 Å². The topological polar surface area (TPSA) is 65.5 Å². The summed E-state index contributed by atoms with van der Waals surface area (Å²) in [6.07, 6.45) is 6.35. The molecule has 2 atom stereocenters. The van der Waals surface area contributed by atoms with Crippen molar-refractivity contribution in [3.05, 3.63) is 48.0 Å². The van der Waals surface area contributed by atoms with Crippen LogP contribution in [0.4, 0.5) is 0 Å². The van der Waals surface area contributed by atoms with Gasteiger partial charge in [-0.15, -0.1) is 0 Å². The largest absolute Gasteiger partial charge is 0.357 e. The van der Waals surface area contributed by atoms with E-state index in [4.69, 9.17) is 4.99 Å². The number of amides is 1. The summed E-state index contributed by atoms with van der Waals surface area (Å²) in [4.78, 5) is 17.3. The number of hydrogen-bond donors (Lipinski definition) is 3. The van der Waals surface area contributed by atoms with E-state index in [1.54, 1.807) is 0 Å². The lowest BCUT2D eigenvalue weighted by Gasteiger charge is -2.30. The first kappa shape index (κ1) is 19.7. The molecule has 2 aliphatic carbocycles. The molecular formula is C24H32N4O. The van der Waals surface area contributed by atoms with Gasteiger partial charge in [0, 0.05) is 24.5 Å². The van der Waals surface area contributed by atoms with Gasteiger partial charge in [0.05, 0.1) is 6.54 Å². The molecule has 2 saturated carbocycles. The van der Waals surface area contributed by atoms with E-state index in [-0.39, 0.29) is 11.8 Å². The lowest BCUT2D eigenvalue weighted by atomic mass is 9.85. The second-order valence-electron chi connectivity index (χ2n) is 8.32. The highest BCUT2D eigenvalue weighted by atomic mass is 16.2. The first-order valence-electron chi connectivity index (χ1n) is 11.0. The first-order chi connectivity index (χ1) is 14.2. The molecule has 2 fully saturated rings. The SMILES string of the molecule is CCNC(=NCc1cccc2ccccc12)NC1CCCC(C(=O)NC2CC2)C1. The van der Waals surface area contributed by atoms with E-state index in [9.17, 15) is 4.79 Å². The quantitative estimate of drug-likeness (QED) is 0.518. The first-order valence-corrected chi connectivity index (χ1v) is 11.0. The summed E-state index contributed by atoms with van der Waals surface area (Å²) in [5.41, 5.74) is 1.23. The molecule has 0 radical (unpaired) electrons. The maximum Gasteiger partial charge on any atom is 0.223 e. The zero-order valence-corrected chi connectivity index (χ0v) is 17.3. The van der Waals surface area contributed by atoms with Crippen molar-refractivity contribution in [2.24, 2.45) is 10.9 Å². The maximum atomic E-state index is 12.5. The summed E-state index contributed by atoms with van der Waals surface area (Å²) >= 11 is 0. The van der Waals surface area contributed by atoms with Gasteiger partial charge in [-0.1, -0.05) is 48.9 Å². The zero-order chi connectivity index (χ0) is 20.1. The van der Waals surface area contributed by atoms with Crippen LogP contribution in [0.2, 0.25) is 0 Å². The second kappa shape index (κ2) is 9.29. The van der Waals surface area contributed by atoms with Crippen LogP contribution in [0, 0.1) is 5.92 Å². The number of fused-ring (bicyclic) bond motifs is 1. The van der Waals surface area contributed by atoms with Crippen molar-refractivity contribution < 1.29 is 4.79 Å². The lowest BCUT2D eigenvalue weighted by Crippen LogP contribution is -2.47. The minimum atomic E-state index is 0.128. The van der Waals surface area contributed by atoms with Gasteiger partial charge >= 0.3 is 0 Å². The molecule has 2 unspecified atom stereocenters. The minimum absolute atomic E-state index is 0.128. The van der Waals surface area contributed by atoms with Crippen molar-refractivity contribution in [2.45, 2.75) is 64.1 Å². The van der Waals surface area contributed by atoms with Crippen LogP contribution in [0.5, 0.6) is 0 Å². The third-order valence-corrected chi connectivity index (χ3v) is 5.94. The minimum Gasteiger partial charge on any atom is -0.357 e. The number of aliphatic imine (C=N–C) groups is 1. The fourth-order valence-corrected chi connectivity index (χ4v) is 4.21. The fourth-order valence-electron chi connectivity index (χ4n) is 4.21. The number of carbonyl (C=O) groups excluding carboxylic acids is 1. The molecule has 2 aliphatic rings. The smallest absolute Gasteiger partial charge is 0.223 e. The summed E-state index contributed by atoms with van der Waals surface area (Å²) in [5, 5.41) is 12.6. The molecular weight excluding hydrogens is 360 g/mol. The number of carbonyl (C=O) groups is 1. The second-order valence-corrected chi connectivity index (χ2v) is 8.32. The van der Waals surface area contributed by atoms with Crippen molar-refractivity contribution in [3.8, 4) is 0 Å². The summed E-state index contributed by atoms with van der Waals surface area (Å²) in [5.74, 6) is 1.22. The maximum absolute atomic E-state index is 12.5. The van der Waals surface area contributed by atoms with Gasteiger partial charge in [-0.25, -0.2) is 4.99 Å². The van der Waals surface area contributed by atoms with Crippen LogP contribution < -0.4 is 16.0 Å². The van der Waals surface area contributed by atoms with Gasteiger partial charge in [0.25, 0.3) is 0 Å².